The van der Waals surface area contributed by atoms with E-state index in [9.17, 15) is 19.8 Å². The summed E-state index contributed by atoms with van der Waals surface area (Å²) < 4.78 is 0. The molecule has 0 spiro atoms. The molecule has 4 atom stereocenters. The van der Waals surface area contributed by atoms with Crippen LogP contribution < -0.4 is 0 Å². The molecule has 1 rings (SSSR count). The minimum atomic E-state index is -2.17. The van der Waals surface area contributed by atoms with Gasteiger partial charge in [0.1, 0.15) is 18.3 Å². The topological polar surface area (TPSA) is 160 Å². The van der Waals surface area contributed by atoms with Crippen LogP contribution in [0.2, 0.25) is 0 Å². The Morgan fingerprint density at radius 1 is 1.00 bits per heavy atom. The van der Waals surface area contributed by atoms with Gasteiger partial charge in [0.25, 0.3) is 6.29 Å². The number of Topliss-reactive ketones (excluding diaryl/α,β-unsaturated/α-hetero) is 2. The lowest BCUT2D eigenvalue weighted by atomic mass is 10.00. The molecule has 9 nitrogen and oxygen atoms in total. The summed E-state index contributed by atoms with van der Waals surface area (Å²) in [7, 11) is 0. The second kappa shape index (κ2) is 5.60. The lowest BCUT2D eigenvalue weighted by Crippen LogP contribution is -2.48. The predicted octanol–water partition coefficient (Wildman–Crippen LogP) is -4.15. The van der Waals surface area contributed by atoms with Gasteiger partial charge in [0.05, 0.1) is 6.61 Å². The number of aliphatic hydroxyl groups is 5. The summed E-state index contributed by atoms with van der Waals surface area (Å²) >= 11 is 0. The molecule has 0 radical (unpaired) electrons. The van der Waals surface area contributed by atoms with Crippen LogP contribution in [0.15, 0.2) is 0 Å². The van der Waals surface area contributed by atoms with Crippen molar-refractivity contribution in [2.45, 2.75) is 30.7 Å². The third kappa shape index (κ3) is 3.26. The third-order valence-electron chi connectivity index (χ3n) is 2.14. The van der Waals surface area contributed by atoms with Crippen LogP contribution >= 0.6 is 0 Å². The van der Waals surface area contributed by atoms with E-state index in [0.717, 1.165) is 0 Å². The molecular weight excluding hydrogens is 240 g/mol. The highest BCUT2D eigenvalue weighted by molar-refractivity contribution is 6.40. The third-order valence-corrected chi connectivity index (χ3v) is 2.14. The van der Waals surface area contributed by atoms with Crippen LogP contribution in [-0.4, -0.2) is 74.4 Å². The molecule has 17 heavy (non-hydrogen) atoms. The Balaban J connectivity index is 2.58. The standard InChI is InChI=1S/C8H12O9/c9-1-2(10)3(11)4(12)5(13)6(14)7(15)8-16-17-8/h2-3,6-11,14-15H,1H2/t2-,3+,6?,7?/m1/s1. The maximum Gasteiger partial charge on any atom is 0.253 e. The molecule has 5 N–H and O–H groups in total. The molecule has 0 amide bonds. The van der Waals surface area contributed by atoms with Crippen molar-refractivity contribution in [2.75, 3.05) is 6.61 Å². The summed E-state index contributed by atoms with van der Waals surface area (Å²) in [5, 5.41) is 44.9. The molecule has 1 fully saturated rings. The molecule has 98 valence electrons. The second-order valence-electron chi connectivity index (χ2n) is 3.42. The van der Waals surface area contributed by atoms with E-state index in [-0.39, 0.29) is 0 Å². The van der Waals surface area contributed by atoms with Crippen LogP contribution in [0.3, 0.4) is 0 Å². The summed E-state index contributed by atoms with van der Waals surface area (Å²) in [4.78, 5) is 30.7. The van der Waals surface area contributed by atoms with Crippen LogP contribution in [0, 0.1) is 0 Å². The van der Waals surface area contributed by atoms with Crippen molar-refractivity contribution in [2.24, 2.45) is 0 Å². The number of aliphatic hydroxyl groups excluding tert-OH is 5. The Morgan fingerprint density at radius 3 is 1.88 bits per heavy atom. The zero-order valence-electron chi connectivity index (χ0n) is 8.46. The van der Waals surface area contributed by atoms with E-state index in [0.29, 0.717) is 0 Å². The highest BCUT2D eigenvalue weighted by atomic mass is 17.4. The molecule has 9 heteroatoms. The highest BCUT2D eigenvalue weighted by Gasteiger charge is 2.45. The van der Waals surface area contributed by atoms with E-state index in [1.54, 1.807) is 0 Å². The van der Waals surface area contributed by atoms with Gasteiger partial charge in [-0.2, -0.15) is 9.78 Å². The van der Waals surface area contributed by atoms with Gasteiger partial charge in [-0.05, 0) is 0 Å². The molecule has 0 saturated carbocycles. The van der Waals surface area contributed by atoms with Gasteiger partial charge in [0.2, 0.25) is 11.6 Å². The largest absolute Gasteiger partial charge is 0.394 e. The summed E-state index contributed by atoms with van der Waals surface area (Å²) in [6, 6.07) is 0. The maximum atomic E-state index is 11.3. The predicted molar refractivity (Wildman–Crippen MR) is 47.1 cm³/mol. The normalized spacial score (nSPS) is 22.6. The molecule has 0 aromatic heterocycles. The zero-order valence-corrected chi connectivity index (χ0v) is 8.46. The van der Waals surface area contributed by atoms with E-state index in [1.807, 2.05) is 0 Å². The van der Waals surface area contributed by atoms with Crippen molar-refractivity contribution in [1.29, 1.82) is 0 Å². The quantitative estimate of drug-likeness (QED) is 0.172. The molecule has 2 unspecified atom stereocenters. The fourth-order valence-corrected chi connectivity index (χ4v) is 1.02. The molecule has 0 aromatic rings. The van der Waals surface area contributed by atoms with Crippen molar-refractivity contribution >= 4 is 11.6 Å². The Hall–Kier alpha value is -0.940. The number of rotatable bonds is 7. The van der Waals surface area contributed by atoms with Crippen molar-refractivity contribution in [3.8, 4) is 0 Å². The second-order valence-corrected chi connectivity index (χ2v) is 3.42. The number of carbonyl (C=O) groups is 2. The van der Waals surface area contributed by atoms with E-state index in [1.165, 1.54) is 0 Å². The number of hydrogen-bond donors (Lipinski definition) is 5. The first-order valence-electron chi connectivity index (χ1n) is 4.63. The molecule has 1 heterocycles. The van der Waals surface area contributed by atoms with Gasteiger partial charge in [-0.1, -0.05) is 0 Å². The van der Waals surface area contributed by atoms with E-state index < -0.39 is 48.9 Å². The molecule has 0 aliphatic carbocycles. The van der Waals surface area contributed by atoms with Crippen LogP contribution in [0.4, 0.5) is 0 Å². The van der Waals surface area contributed by atoms with Crippen molar-refractivity contribution in [1.82, 2.24) is 0 Å². The van der Waals surface area contributed by atoms with Gasteiger partial charge in [-0.3, -0.25) is 9.59 Å². The van der Waals surface area contributed by atoms with Crippen molar-refractivity contribution < 1.29 is 44.9 Å². The van der Waals surface area contributed by atoms with Gasteiger partial charge in [-0.15, -0.1) is 0 Å². The first-order chi connectivity index (χ1) is 7.90. The van der Waals surface area contributed by atoms with Gasteiger partial charge >= 0.3 is 0 Å². The fourth-order valence-electron chi connectivity index (χ4n) is 1.02. The van der Waals surface area contributed by atoms with Gasteiger partial charge in [0, 0.05) is 0 Å². The first-order valence-corrected chi connectivity index (χ1v) is 4.63. The van der Waals surface area contributed by atoms with E-state index in [4.69, 9.17) is 15.3 Å². The SMILES string of the molecule is O=C(C(=O)[C@@H](O)[C@H](O)CO)C(O)C(O)C1OO1. The van der Waals surface area contributed by atoms with Gasteiger partial charge in [-0.25, -0.2) is 0 Å². The van der Waals surface area contributed by atoms with Crippen molar-refractivity contribution in [3.63, 3.8) is 0 Å². The smallest absolute Gasteiger partial charge is 0.253 e. The summed E-state index contributed by atoms with van der Waals surface area (Å²) in [5.74, 6) is -3.05. The molecule has 1 saturated heterocycles. The summed E-state index contributed by atoms with van der Waals surface area (Å²) in [6.07, 6.45) is -9.14. The Bertz CT molecular complexity index is 299. The summed E-state index contributed by atoms with van der Waals surface area (Å²) in [5.41, 5.74) is 0. The molecule has 0 aromatic carbocycles. The van der Waals surface area contributed by atoms with Crippen molar-refractivity contribution in [3.05, 3.63) is 0 Å². The van der Waals surface area contributed by atoms with Gasteiger partial charge in [0.15, 0.2) is 6.10 Å². The number of carbonyl (C=O) groups excluding carboxylic acids is 2. The number of ketones is 2. The average Bonchev–Trinajstić information content (AvgIpc) is 3.17. The Labute approximate surface area is 94.7 Å². The van der Waals surface area contributed by atoms with Crippen LogP contribution in [-0.2, 0) is 19.4 Å². The molecule has 0 bridgehead atoms. The Morgan fingerprint density at radius 2 is 1.47 bits per heavy atom. The van der Waals surface area contributed by atoms with E-state index >= 15 is 0 Å². The zero-order chi connectivity index (χ0) is 13.2. The van der Waals surface area contributed by atoms with Crippen LogP contribution in [0.1, 0.15) is 0 Å². The molecular formula is C8H12O9. The maximum absolute atomic E-state index is 11.3. The highest BCUT2D eigenvalue weighted by Crippen LogP contribution is 2.19. The van der Waals surface area contributed by atoms with Gasteiger partial charge < -0.3 is 25.5 Å². The minimum Gasteiger partial charge on any atom is -0.394 e. The lowest BCUT2D eigenvalue weighted by Gasteiger charge is -2.17. The monoisotopic (exact) mass is 252 g/mol. The summed E-state index contributed by atoms with van der Waals surface area (Å²) in [6.45, 7) is -0.937. The van der Waals surface area contributed by atoms with Crippen LogP contribution in [0.25, 0.3) is 0 Å². The van der Waals surface area contributed by atoms with Crippen LogP contribution in [0.5, 0.6) is 0 Å². The average molecular weight is 252 g/mol. The lowest BCUT2D eigenvalue weighted by molar-refractivity contribution is -0.154. The first kappa shape index (κ1) is 14.1. The fraction of sp³-hybridized carbons (Fsp3) is 0.750. The van der Waals surface area contributed by atoms with E-state index in [2.05, 4.69) is 9.78 Å². The molecule has 1 aliphatic rings. The number of hydrogen-bond acceptors (Lipinski definition) is 9. The minimum absolute atomic E-state index is 0.937. The Kier molecular flexibility index (Phi) is 4.65. The molecule has 1 aliphatic heterocycles.